The number of carbonyl (C=O) groups excluding carboxylic acids is 1. The molecule has 1 unspecified atom stereocenters. The molecule has 17 heavy (non-hydrogen) atoms. The van der Waals surface area contributed by atoms with Crippen LogP contribution in [0.3, 0.4) is 0 Å². The van der Waals surface area contributed by atoms with Crippen molar-refractivity contribution < 1.29 is 4.79 Å². The van der Waals surface area contributed by atoms with E-state index in [1.54, 1.807) is 0 Å². The molecule has 4 nitrogen and oxygen atoms in total. The first-order valence-electron chi connectivity index (χ1n) is 6.75. The highest BCUT2D eigenvalue weighted by atomic mass is 16.2. The molecule has 1 aliphatic heterocycles. The number of rotatable bonds is 4. The van der Waals surface area contributed by atoms with E-state index in [-0.39, 0.29) is 17.9 Å². The first-order valence-corrected chi connectivity index (χ1v) is 6.75. The van der Waals surface area contributed by atoms with Crippen LogP contribution < -0.4 is 5.73 Å². The summed E-state index contributed by atoms with van der Waals surface area (Å²) in [6.45, 7) is 12.1. The number of amides is 1. The van der Waals surface area contributed by atoms with Crippen molar-refractivity contribution in [1.29, 1.82) is 0 Å². The molecular formula is C13H27N3O. The molecule has 1 amide bonds. The third kappa shape index (κ3) is 3.68. The largest absolute Gasteiger partial charge is 0.339 e. The van der Waals surface area contributed by atoms with E-state index in [1.807, 2.05) is 11.8 Å². The molecule has 1 saturated heterocycles. The van der Waals surface area contributed by atoms with Crippen molar-refractivity contribution in [1.82, 2.24) is 9.80 Å². The minimum absolute atomic E-state index is 0.128. The fourth-order valence-corrected chi connectivity index (χ4v) is 2.17. The molecule has 2 N–H and O–H groups in total. The monoisotopic (exact) mass is 241 g/mol. The van der Waals surface area contributed by atoms with E-state index in [0.717, 1.165) is 32.6 Å². The summed E-state index contributed by atoms with van der Waals surface area (Å²) < 4.78 is 0. The summed E-state index contributed by atoms with van der Waals surface area (Å²) in [5.41, 5.74) is 5.99. The van der Waals surface area contributed by atoms with Gasteiger partial charge >= 0.3 is 0 Å². The van der Waals surface area contributed by atoms with Gasteiger partial charge in [-0.3, -0.25) is 9.69 Å². The average molecular weight is 241 g/mol. The molecule has 0 bridgehead atoms. The minimum Gasteiger partial charge on any atom is -0.339 e. The quantitative estimate of drug-likeness (QED) is 0.796. The van der Waals surface area contributed by atoms with Gasteiger partial charge in [0.1, 0.15) is 0 Å². The normalized spacial score (nSPS) is 21.6. The zero-order chi connectivity index (χ0) is 13.0. The third-order valence-corrected chi connectivity index (χ3v) is 3.90. The predicted octanol–water partition coefficient (Wildman–Crippen LogP) is 0.912. The van der Waals surface area contributed by atoms with Crippen LogP contribution in [0.4, 0.5) is 0 Å². The van der Waals surface area contributed by atoms with Crippen LogP contribution in [0, 0.1) is 5.92 Å². The Bertz CT molecular complexity index is 247. The molecule has 4 heteroatoms. The lowest BCUT2D eigenvalue weighted by Crippen LogP contribution is -2.55. The van der Waals surface area contributed by atoms with E-state index in [1.165, 1.54) is 0 Å². The van der Waals surface area contributed by atoms with Crippen LogP contribution in [0.5, 0.6) is 0 Å². The van der Waals surface area contributed by atoms with E-state index in [9.17, 15) is 4.79 Å². The average Bonchev–Trinajstić information content (AvgIpc) is 2.36. The number of hydrogen-bond acceptors (Lipinski definition) is 3. The molecule has 2 atom stereocenters. The van der Waals surface area contributed by atoms with Gasteiger partial charge in [0.05, 0.1) is 6.04 Å². The van der Waals surface area contributed by atoms with Crippen LogP contribution in [0.1, 0.15) is 34.1 Å². The van der Waals surface area contributed by atoms with Gasteiger partial charge in [-0.2, -0.15) is 0 Å². The Morgan fingerprint density at radius 1 is 1.18 bits per heavy atom. The summed E-state index contributed by atoms with van der Waals surface area (Å²) in [7, 11) is 0. The SMILES string of the molecule is CCC(C)[C@H](N)C(=O)N1CCN(C(C)C)CC1. The first kappa shape index (κ1) is 14.5. The van der Waals surface area contributed by atoms with E-state index < -0.39 is 0 Å². The topological polar surface area (TPSA) is 49.6 Å². The van der Waals surface area contributed by atoms with Crippen molar-refractivity contribution >= 4 is 5.91 Å². The zero-order valence-electron chi connectivity index (χ0n) is 11.6. The van der Waals surface area contributed by atoms with Gasteiger partial charge in [0, 0.05) is 32.2 Å². The first-order chi connectivity index (χ1) is 7.97. The zero-order valence-corrected chi connectivity index (χ0v) is 11.6. The van der Waals surface area contributed by atoms with E-state index in [4.69, 9.17) is 5.73 Å². The summed E-state index contributed by atoms with van der Waals surface area (Å²) in [4.78, 5) is 16.5. The summed E-state index contributed by atoms with van der Waals surface area (Å²) in [5.74, 6) is 0.397. The maximum absolute atomic E-state index is 12.2. The Morgan fingerprint density at radius 3 is 2.12 bits per heavy atom. The van der Waals surface area contributed by atoms with Gasteiger partial charge in [-0.25, -0.2) is 0 Å². The Morgan fingerprint density at radius 2 is 1.71 bits per heavy atom. The Balaban J connectivity index is 2.46. The van der Waals surface area contributed by atoms with Crippen molar-refractivity contribution in [3.63, 3.8) is 0 Å². The molecule has 1 fully saturated rings. The predicted molar refractivity (Wildman–Crippen MR) is 70.7 cm³/mol. The van der Waals surface area contributed by atoms with Crippen LogP contribution in [-0.2, 0) is 4.79 Å². The molecule has 0 aliphatic carbocycles. The maximum Gasteiger partial charge on any atom is 0.239 e. The van der Waals surface area contributed by atoms with Crippen LogP contribution in [-0.4, -0.2) is 54.0 Å². The van der Waals surface area contributed by atoms with Gasteiger partial charge in [-0.1, -0.05) is 20.3 Å². The highest BCUT2D eigenvalue weighted by Gasteiger charge is 2.28. The number of nitrogens with zero attached hydrogens (tertiary/aromatic N) is 2. The van der Waals surface area contributed by atoms with Crippen molar-refractivity contribution in [2.45, 2.75) is 46.2 Å². The van der Waals surface area contributed by atoms with Gasteiger partial charge < -0.3 is 10.6 Å². The van der Waals surface area contributed by atoms with E-state index in [0.29, 0.717) is 6.04 Å². The molecule has 0 radical (unpaired) electrons. The summed E-state index contributed by atoms with van der Waals surface area (Å²) in [6, 6.07) is 0.237. The van der Waals surface area contributed by atoms with Crippen molar-refractivity contribution in [3.8, 4) is 0 Å². The fourth-order valence-electron chi connectivity index (χ4n) is 2.17. The van der Waals surface area contributed by atoms with Gasteiger partial charge in [0.15, 0.2) is 0 Å². The number of nitrogens with two attached hydrogens (primary N) is 1. The molecule has 0 aromatic rings. The molecule has 0 aromatic carbocycles. The van der Waals surface area contributed by atoms with Gasteiger partial charge in [-0.15, -0.1) is 0 Å². The van der Waals surface area contributed by atoms with E-state index >= 15 is 0 Å². The van der Waals surface area contributed by atoms with Crippen molar-refractivity contribution in [2.75, 3.05) is 26.2 Å². The maximum atomic E-state index is 12.2. The molecule has 100 valence electrons. The molecule has 0 spiro atoms. The number of hydrogen-bond donors (Lipinski definition) is 1. The second-order valence-electron chi connectivity index (χ2n) is 5.37. The van der Waals surface area contributed by atoms with Gasteiger partial charge in [-0.05, 0) is 19.8 Å². The molecular weight excluding hydrogens is 214 g/mol. The smallest absolute Gasteiger partial charge is 0.239 e. The molecule has 1 aliphatic rings. The van der Waals surface area contributed by atoms with Crippen LogP contribution in [0.25, 0.3) is 0 Å². The Labute approximate surface area is 105 Å². The summed E-state index contributed by atoms with van der Waals surface area (Å²) in [5, 5.41) is 0. The Kier molecular flexibility index (Phi) is 5.40. The Hall–Kier alpha value is -0.610. The highest BCUT2D eigenvalue weighted by Crippen LogP contribution is 2.11. The second-order valence-corrected chi connectivity index (χ2v) is 5.37. The summed E-state index contributed by atoms with van der Waals surface area (Å²) >= 11 is 0. The lowest BCUT2D eigenvalue weighted by Gasteiger charge is -2.38. The lowest BCUT2D eigenvalue weighted by molar-refractivity contribution is -0.135. The lowest BCUT2D eigenvalue weighted by atomic mass is 9.98. The van der Waals surface area contributed by atoms with Gasteiger partial charge in [0.25, 0.3) is 0 Å². The second kappa shape index (κ2) is 6.36. The van der Waals surface area contributed by atoms with Crippen LogP contribution >= 0.6 is 0 Å². The molecule has 0 saturated carbocycles. The standard InChI is InChI=1S/C13H27N3O/c1-5-11(4)12(14)13(17)16-8-6-15(7-9-16)10(2)3/h10-12H,5-9,14H2,1-4H3/t11?,12-/m0/s1. The fraction of sp³-hybridized carbons (Fsp3) is 0.923. The minimum atomic E-state index is -0.328. The number of piperazine rings is 1. The van der Waals surface area contributed by atoms with Crippen LogP contribution in [0.15, 0.2) is 0 Å². The molecule has 1 heterocycles. The molecule has 1 rings (SSSR count). The van der Waals surface area contributed by atoms with Gasteiger partial charge in [0.2, 0.25) is 5.91 Å². The third-order valence-electron chi connectivity index (χ3n) is 3.90. The molecule has 0 aromatic heterocycles. The number of carbonyl (C=O) groups is 1. The van der Waals surface area contributed by atoms with Crippen molar-refractivity contribution in [2.24, 2.45) is 11.7 Å². The summed E-state index contributed by atoms with van der Waals surface area (Å²) in [6.07, 6.45) is 0.957. The van der Waals surface area contributed by atoms with Crippen molar-refractivity contribution in [3.05, 3.63) is 0 Å². The van der Waals surface area contributed by atoms with E-state index in [2.05, 4.69) is 25.7 Å². The van der Waals surface area contributed by atoms with Crippen LogP contribution in [0.2, 0.25) is 0 Å². The highest BCUT2D eigenvalue weighted by molar-refractivity contribution is 5.82.